The molecule has 3 rings (SSSR count). The van der Waals surface area contributed by atoms with E-state index in [0.29, 0.717) is 16.9 Å². The molecule has 1 amide bonds. The number of hydrogen-bond acceptors (Lipinski definition) is 7. The van der Waals surface area contributed by atoms with Crippen LogP contribution in [0.1, 0.15) is 10.4 Å². The van der Waals surface area contributed by atoms with Gasteiger partial charge >= 0.3 is 5.97 Å². The van der Waals surface area contributed by atoms with Crippen LogP contribution in [0.25, 0.3) is 10.2 Å². The molecule has 0 fully saturated rings. The third kappa shape index (κ3) is 4.09. The molecule has 0 bridgehead atoms. The van der Waals surface area contributed by atoms with Crippen LogP contribution >= 0.6 is 23.1 Å². The molecule has 0 aliphatic carbocycles. The van der Waals surface area contributed by atoms with Gasteiger partial charge in [-0.2, -0.15) is 0 Å². The van der Waals surface area contributed by atoms with Crippen LogP contribution in [-0.2, 0) is 9.53 Å². The van der Waals surface area contributed by atoms with Crippen LogP contribution in [0.5, 0.6) is 0 Å². The summed E-state index contributed by atoms with van der Waals surface area (Å²) in [6.07, 6.45) is 0. The number of anilines is 2. The minimum atomic E-state index is -0.493. The second-order valence-corrected chi connectivity index (χ2v) is 7.33. The lowest BCUT2D eigenvalue weighted by atomic mass is 10.2. The number of thioether (sulfide) groups is 1. The third-order valence-corrected chi connectivity index (χ3v) is 5.49. The zero-order chi connectivity index (χ0) is 17.8. The molecule has 6 nitrogen and oxygen atoms in total. The highest BCUT2D eigenvalue weighted by Gasteiger charge is 2.14. The second kappa shape index (κ2) is 7.54. The van der Waals surface area contributed by atoms with Gasteiger partial charge in [-0.15, -0.1) is 11.3 Å². The maximum Gasteiger partial charge on any atom is 0.339 e. The Bertz CT molecular complexity index is 940. The number of thiazole rings is 1. The van der Waals surface area contributed by atoms with Crippen molar-refractivity contribution in [3.8, 4) is 0 Å². The maximum atomic E-state index is 12.2. The molecule has 0 saturated heterocycles. The predicted octanol–water partition coefficient (Wildman–Crippen LogP) is 3.40. The Balaban J connectivity index is 1.66. The summed E-state index contributed by atoms with van der Waals surface area (Å²) in [5, 5.41) is 2.74. The van der Waals surface area contributed by atoms with Gasteiger partial charge in [0, 0.05) is 5.69 Å². The molecule has 0 saturated carbocycles. The standard InChI is InChI=1S/C17H15N3O3S2/c1-23-16(22)11-4-2-3-5-12(11)19-15(21)9-24-17-20-13-7-6-10(18)8-14(13)25-17/h2-8H,9,18H2,1H3,(H,19,21). The van der Waals surface area contributed by atoms with Crippen LogP contribution in [0.4, 0.5) is 11.4 Å². The molecule has 8 heteroatoms. The molecule has 2 aromatic carbocycles. The largest absolute Gasteiger partial charge is 0.465 e. The Kier molecular flexibility index (Phi) is 5.20. The molecule has 1 aromatic heterocycles. The molecular weight excluding hydrogens is 358 g/mol. The summed E-state index contributed by atoms with van der Waals surface area (Å²) >= 11 is 2.83. The van der Waals surface area contributed by atoms with Crippen LogP contribution in [-0.4, -0.2) is 29.7 Å². The number of hydrogen-bond donors (Lipinski definition) is 2. The molecular formula is C17H15N3O3S2. The van der Waals surface area contributed by atoms with Crippen LogP contribution in [0.2, 0.25) is 0 Å². The fraction of sp³-hybridized carbons (Fsp3) is 0.118. The van der Waals surface area contributed by atoms with E-state index in [2.05, 4.69) is 10.3 Å². The van der Waals surface area contributed by atoms with Crippen molar-refractivity contribution in [2.75, 3.05) is 23.9 Å². The molecule has 0 aliphatic heterocycles. The maximum absolute atomic E-state index is 12.2. The topological polar surface area (TPSA) is 94.3 Å². The van der Waals surface area contributed by atoms with E-state index in [1.807, 2.05) is 12.1 Å². The van der Waals surface area contributed by atoms with Crippen molar-refractivity contribution < 1.29 is 14.3 Å². The first-order chi connectivity index (χ1) is 12.1. The SMILES string of the molecule is COC(=O)c1ccccc1NC(=O)CSc1nc2ccc(N)cc2s1. The van der Waals surface area contributed by atoms with E-state index < -0.39 is 5.97 Å². The molecule has 25 heavy (non-hydrogen) atoms. The Labute approximate surface area is 152 Å². The fourth-order valence-electron chi connectivity index (χ4n) is 2.18. The minimum Gasteiger partial charge on any atom is -0.465 e. The van der Waals surface area contributed by atoms with Crippen LogP contribution in [0.3, 0.4) is 0 Å². The summed E-state index contributed by atoms with van der Waals surface area (Å²) in [6.45, 7) is 0. The lowest BCUT2D eigenvalue weighted by molar-refractivity contribution is -0.113. The van der Waals surface area contributed by atoms with Crippen molar-refractivity contribution in [3.63, 3.8) is 0 Å². The minimum absolute atomic E-state index is 0.185. The first kappa shape index (κ1) is 17.2. The highest BCUT2D eigenvalue weighted by Crippen LogP contribution is 2.30. The van der Waals surface area contributed by atoms with E-state index in [-0.39, 0.29) is 11.7 Å². The van der Waals surface area contributed by atoms with Gasteiger partial charge in [0.2, 0.25) is 5.91 Å². The number of rotatable bonds is 5. The molecule has 1 heterocycles. The summed E-state index contributed by atoms with van der Waals surface area (Å²) in [4.78, 5) is 28.4. The average Bonchev–Trinajstić information content (AvgIpc) is 3.02. The predicted molar refractivity (Wildman–Crippen MR) is 101 cm³/mol. The number of esters is 1. The highest BCUT2D eigenvalue weighted by atomic mass is 32.2. The molecule has 128 valence electrons. The van der Waals surface area contributed by atoms with Crippen LogP contribution < -0.4 is 11.1 Å². The van der Waals surface area contributed by atoms with Gasteiger partial charge in [-0.25, -0.2) is 9.78 Å². The van der Waals surface area contributed by atoms with E-state index in [0.717, 1.165) is 14.6 Å². The van der Waals surface area contributed by atoms with Crippen LogP contribution in [0.15, 0.2) is 46.8 Å². The number of para-hydroxylation sites is 1. The smallest absolute Gasteiger partial charge is 0.339 e. The summed E-state index contributed by atoms with van der Waals surface area (Å²) in [5.41, 5.74) is 8.05. The Hall–Kier alpha value is -2.58. The van der Waals surface area contributed by atoms with Gasteiger partial charge in [0.1, 0.15) is 0 Å². The number of methoxy groups -OCH3 is 1. The van der Waals surface area contributed by atoms with Crippen molar-refractivity contribution in [1.29, 1.82) is 0 Å². The summed E-state index contributed by atoms with van der Waals surface area (Å²) in [7, 11) is 1.30. The van der Waals surface area contributed by atoms with Gasteiger partial charge < -0.3 is 15.8 Å². The normalized spacial score (nSPS) is 10.6. The monoisotopic (exact) mass is 373 g/mol. The number of carbonyl (C=O) groups is 2. The molecule has 0 atom stereocenters. The van der Waals surface area contributed by atoms with Gasteiger partial charge in [-0.1, -0.05) is 23.9 Å². The second-order valence-electron chi connectivity index (χ2n) is 5.08. The average molecular weight is 373 g/mol. The highest BCUT2D eigenvalue weighted by molar-refractivity contribution is 8.01. The molecule has 3 aromatic rings. The number of nitrogens with one attached hydrogen (secondary N) is 1. The molecule has 0 spiro atoms. The number of nitrogens with zero attached hydrogens (tertiary/aromatic N) is 1. The van der Waals surface area contributed by atoms with Gasteiger partial charge in [0.25, 0.3) is 0 Å². The Morgan fingerprint density at radius 2 is 2.08 bits per heavy atom. The van der Waals surface area contributed by atoms with E-state index in [9.17, 15) is 9.59 Å². The number of aromatic nitrogens is 1. The number of amides is 1. The van der Waals surface area contributed by atoms with Gasteiger partial charge in [0.15, 0.2) is 4.34 Å². The van der Waals surface area contributed by atoms with Crippen molar-refractivity contribution in [1.82, 2.24) is 4.98 Å². The van der Waals surface area contributed by atoms with E-state index in [1.165, 1.54) is 30.2 Å². The number of nitrogens with two attached hydrogens (primary N) is 1. The number of benzene rings is 2. The van der Waals surface area contributed by atoms with E-state index >= 15 is 0 Å². The lowest BCUT2D eigenvalue weighted by Gasteiger charge is -2.08. The fourth-order valence-corrected chi connectivity index (χ4v) is 4.09. The quantitative estimate of drug-likeness (QED) is 0.404. The summed E-state index contributed by atoms with van der Waals surface area (Å²) < 4.78 is 6.49. The zero-order valence-corrected chi connectivity index (χ0v) is 14.9. The van der Waals surface area contributed by atoms with E-state index in [1.54, 1.807) is 30.3 Å². The van der Waals surface area contributed by atoms with Crippen molar-refractivity contribution in [2.45, 2.75) is 4.34 Å². The molecule has 0 aliphatic rings. The molecule has 0 unspecified atom stereocenters. The Morgan fingerprint density at radius 1 is 1.28 bits per heavy atom. The van der Waals surface area contributed by atoms with Gasteiger partial charge in [-0.3, -0.25) is 4.79 Å². The Morgan fingerprint density at radius 3 is 2.88 bits per heavy atom. The lowest BCUT2D eigenvalue weighted by Crippen LogP contribution is -2.17. The first-order valence-electron chi connectivity index (χ1n) is 7.33. The third-order valence-electron chi connectivity index (χ3n) is 3.33. The number of nitrogen functional groups attached to an aromatic ring is 1. The summed E-state index contributed by atoms with van der Waals surface area (Å²) in [6, 6.07) is 12.2. The van der Waals surface area contributed by atoms with Gasteiger partial charge in [0.05, 0.1) is 34.3 Å². The van der Waals surface area contributed by atoms with Crippen molar-refractivity contribution in [3.05, 3.63) is 48.0 Å². The van der Waals surface area contributed by atoms with Crippen molar-refractivity contribution >= 4 is 56.6 Å². The summed E-state index contributed by atoms with van der Waals surface area (Å²) in [5.74, 6) is -0.530. The number of fused-ring (bicyclic) bond motifs is 1. The number of ether oxygens (including phenoxy) is 1. The van der Waals surface area contributed by atoms with E-state index in [4.69, 9.17) is 10.5 Å². The first-order valence-corrected chi connectivity index (χ1v) is 9.13. The molecule has 3 N–H and O–H groups in total. The number of carbonyl (C=O) groups excluding carboxylic acids is 2. The van der Waals surface area contributed by atoms with Gasteiger partial charge in [-0.05, 0) is 30.3 Å². The zero-order valence-electron chi connectivity index (χ0n) is 13.3. The van der Waals surface area contributed by atoms with Crippen LogP contribution in [0, 0.1) is 0 Å². The van der Waals surface area contributed by atoms with Crippen molar-refractivity contribution in [2.24, 2.45) is 0 Å². The molecule has 0 radical (unpaired) electrons.